The van der Waals surface area contributed by atoms with Gasteiger partial charge in [0.25, 0.3) is 5.91 Å². The lowest BCUT2D eigenvalue weighted by Gasteiger charge is -2.30. The number of H-pyrrole nitrogens is 1. The number of aromatic amines is 1. The van der Waals surface area contributed by atoms with Crippen LogP contribution >= 0.6 is 12.4 Å². The van der Waals surface area contributed by atoms with Crippen molar-refractivity contribution in [3.05, 3.63) is 46.0 Å². The lowest BCUT2D eigenvalue weighted by Crippen LogP contribution is -2.46. The van der Waals surface area contributed by atoms with Crippen molar-refractivity contribution in [1.82, 2.24) is 10.3 Å². The zero-order valence-corrected chi connectivity index (χ0v) is 14.7. The van der Waals surface area contributed by atoms with E-state index in [4.69, 9.17) is 5.73 Å². The second-order valence-corrected chi connectivity index (χ2v) is 6.45. The molecule has 0 aliphatic heterocycles. The molecule has 4 N–H and O–H groups in total. The van der Waals surface area contributed by atoms with Gasteiger partial charge in [0.2, 0.25) is 5.56 Å². The van der Waals surface area contributed by atoms with Gasteiger partial charge in [0.15, 0.2) is 0 Å². The quantitative estimate of drug-likeness (QED) is 0.776. The van der Waals surface area contributed by atoms with E-state index >= 15 is 0 Å². The smallest absolute Gasteiger partial charge is 0.252 e. The third-order valence-corrected chi connectivity index (χ3v) is 4.84. The van der Waals surface area contributed by atoms with Crippen LogP contribution < -0.4 is 16.6 Å². The van der Waals surface area contributed by atoms with Crippen LogP contribution in [0.1, 0.15) is 42.5 Å². The van der Waals surface area contributed by atoms with E-state index in [2.05, 4.69) is 10.3 Å². The molecule has 3 rings (SSSR count). The number of hydrogen-bond acceptors (Lipinski definition) is 3. The Morgan fingerprint density at radius 1 is 1.28 bits per heavy atom. The molecular weight excluding hydrogens is 345 g/mol. The van der Waals surface area contributed by atoms with Crippen LogP contribution in [0.25, 0.3) is 10.9 Å². The van der Waals surface area contributed by atoms with Crippen molar-refractivity contribution in [1.29, 1.82) is 0 Å². The zero-order valence-electron chi connectivity index (χ0n) is 13.9. The zero-order chi connectivity index (χ0) is 17.1. The number of rotatable bonds is 4. The second kappa shape index (κ2) is 8.45. The molecule has 0 spiro atoms. The number of aromatic nitrogens is 1. The minimum Gasteiger partial charge on any atom is -0.348 e. The van der Waals surface area contributed by atoms with E-state index in [1.165, 1.54) is 30.7 Å². The van der Waals surface area contributed by atoms with Crippen molar-refractivity contribution < 1.29 is 9.18 Å². The molecule has 5 nitrogen and oxygen atoms in total. The van der Waals surface area contributed by atoms with Crippen LogP contribution in [0.5, 0.6) is 0 Å². The van der Waals surface area contributed by atoms with Crippen LogP contribution in [0.4, 0.5) is 4.39 Å². The van der Waals surface area contributed by atoms with Crippen molar-refractivity contribution in [2.75, 3.05) is 6.54 Å². The van der Waals surface area contributed by atoms with Gasteiger partial charge in [-0.05, 0) is 37.0 Å². The highest BCUT2D eigenvalue weighted by molar-refractivity contribution is 6.06. The summed E-state index contributed by atoms with van der Waals surface area (Å²) < 4.78 is 13.4. The van der Waals surface area contributed by atoms with E-state index in [-0.39, 0.29) is 29.9 Å². The summed E-state index contributed by atoms with van der Waals surface area (Å²) >= 11 is 0. The van der Waals surface area contributed by atoms with Crippen LogP contribution in [0.2, 0.25) is 0 Å². The van der Waals surface area contributed by atoms with Gasteiger partial charge >= 0.3 is 0 Å². The van der Waals surface area contributed by atoms with E-state index in [0.29, 0.717) is 23.4 Å². The maximum absolute atomic E-state index is 13.4. The molecule has 0 bridgehead atoms. The van der Waals surface area contributed by atoms with E-state index in [1.807, 2.05) is 0 Å². The van der Waals surface area contributed by atoms with Gasteiger partial charge in [-0.1, -0.05) is 19.3 Å². The van der Waals surface area contributed by atoms with Gasteiger partial charge in [0.05, 0.1) is 11.1 Å². The lowest BCUT2D eigenvalue weighted by atomic mass is 9.84. The number of halogens is 2. The number of benzene rings is 1. The number of pyridine rings is 1. The van der Waals surface area contributed by atoms with Gasteiger partial charge in [-0.3, -0.25) is 9.59 Å². The number of amides is 1. The fraction of sp³-hybridized carbons (Fsp3) is 0.444. The summed E-state index contributed by atoms with van der Waals surface area (Å²) in [5, 5.41) is 3.50. The molecule has 25 heavy (non-hydrogen) atoms. The van der Waals surface area contributed by atoms with Crippen LogP contribution in [0.15, 0.2) is 29.1 Å². The Morgan fingerprint density at radius 3 is 2.68 bits per heavy atom. The molecule has 1 amide bonds. The molecule has 1 aromatic carbocycles. The molecular formula is C18H23ClFN3O2. The third kappa shape index (κ3) is 4.38. The Hall–Kier alpha value is -1.92. The summed E-state index contributed by atoms with van der Waals surface area (Å²) in [5.74, 6) is -0.421. The summed E-state index contributed by atoms with van der Waals surface area (Å²) in [7, 11) is 0. The molecule has 1 aliphatic carbocycles. The van der Waals surface area contributed by atoms with E-state index in [1.54, 1.807) is 0 Å². The fourth-order valence-corrected chi connectivity index (χ4v) is 3.57. The van der Waals surface area contributed by atoms with Crippen molar-refractivity contribution in [2.24, 2.45) is 11.7 Å². The largest absolute Gasteiger partial charge is 0.348 e. The summed E-state index contributed by atoms with van der Waals surface area (Å²) in [6, 6.07) is 5.15. The van der Waals surface area contributed by atoms with Gasteiger partial charge in [0, 0.05) is 24.0 Å². The summed E-state index contributed by atoms with van der Waals surface area (Å²) in [6.45, 7) is 0.367. The molecule has 1 fully saturated rings. The van der Waals surface area contributed by atoms with E-state index < -0.39 is 11.4 Å². The predicted octanol–water partition coefficient (Wildman–Crippen LogP) is 2.73. The molecule has 1 atom stereocenters. The molecule has 2 aromatic rings. The number of nitrogens with one attached hydrogen (secondary N) is 2. The highest BCUT2D eigenvalue weighted by atomic mass is 35.5. The number of carbonyl (C=O) groups is 1. The average molecular weight is 368 g/mol. The lowest BCUT2D eigenvalue weighted by molar-refractivity contribution is 0.0917. The number of hydrogen-bond donors (Lipinski definition) is 3. The second-order valence-electron chi connectivity index (χ2n) is 6.45. The monoisotopic (exact) mass is 367 g/mol. The highest BCUT2D eigenvalue weighted by Crippen LogP contribution is 2.26. The Morgan fingerprint density at radius 2 is 2.00 bits per heavy atom. The predicted molar refractivity (Wildman–Crippen MR) is 98.7 cm³/mol. The molecule has 1 heterocycles. The average Bonchev–Trinajstić information content (AvgIpc) is 2.59. The first-order chi connectivity index (χ1) is 11.6. The first-order valence-electron chi connectivity index (χ1n) is 8.42. The summed E-state index contributed by atoms with van der Waals surface area (Å²) in [5.41, 5.74) is 6.00. The van der Waals surface area contributed by atoms with Crippen molar-refractivity contribution >= 4 is 29.2 Å². The third-order valence-electron chi connectivity index (χ3n) is 4.84. The molecule has 1 unspecified atom stereocenters. The van der Waals surface area contributed by atoms with Gasteiger partial charge in [-0.15, -0.1) is 12.4 Å². The van der Waals surface area contributed by atoms with Crippen molar-refractivity contribution in [2.45, 2.75) is 38.1 Å². The van der Waals surface area contributed by atoms with Crippen LogP contribution in [0, 0.1) is 11.7 Å². The maximum Gasteiger partial charge on any atom is 0.252 e. The molecule has 0 saturated heterocycles. The minimum absolute atomic E-state index is 0. The minimum atomic E-state index is -0.460. The van der Waals surface area contributed by atoms with Crippen LogP contribution in [-0.4, -0.2) is 23.5 Å². The standard InChI is InChI=1S/C18H22FN3O2.ClH/c19-12-6-7-13-14(9-17(23)21-15(13)8-12)18(24)22-16(10-20)11-4-2-1-3-5-11;/h6-9,11,16H,1-5,10,20H2,(H,21,23)(H,22,24);1H. The molecule has 1 aromatic heterocycles. The first-order valence-corrected chi connectivity index (χ1v) is 8.42. The summed E-state index contributed by atoms with van der Waals surface area (Å²) in [4.78, 5) is 27.0. The molecule has 1 aliphatic rings. The Bertz CT molecular complexity index is 802. The normalized spacial score (nSPS) is 16.2. The maximum atomic E-state index is 13.4. The number of fused-ring (bicyclic) bond motifs is 1. The molecule has 7 heteroatoms. The van der Waals surface area contributed by atoms with Gasteiger partial charge in [0.1, 0.15) is 5.82 Å². The first kappa shape index (κ1) is 19.4. The van der Waals surface area contributed by atoms with E-state index in [9.17, 15) is 14.0 Å². The SMILES string of the molecule is Cl.NCC(NC(=O)c1cc(=O)[nH]c2cc(F)ccc12)C1CCCCC1. The van der Waals surface area contributed by atoms with Crippen LogP contribution in [0.3, 0.4) is 0 Å². The fourth-order valence-electron chi connectivity index (χ4n) is 3.57. The highest BCUT2D eigenvalue weighted by Gasteiger charge is 2.25. The molecule has 1 saturated carbocycles. The van der Waals surface area contributed by atoms with E-state index in [0.717, 1.165) is 25.7 Å². The van der Waals surface area contributed by atoms with Gasteiger partial charge in [-0.25, -0.2) is 4.39 Å². The summed E-state index contributed by atoms with van der Waals surface area (Å²) in [6.07, 6.45) is 5.66. The molecule has 0 radical (unpaired) electrons. The Balaban J connectivity index is 0.00000225. The Labute approximate surface area is 151 Å². The van der Waals surface area contributed by atoms with Crippen molar-refractivity contribution in [3.8, 4) is 0 Å². The van der Waals surface area contributed by atoms with Crippen LogP contribution in [-0.2, 0) is 0 Å². The number of carbonyl (C=O) groups excluding carboxylic acids is 1. The topological polar surface area (TPSA) is 88.0 Å². The number of nitrogens with two attached hydrogens (primary N) is 1. The molecule has 136 valence electrons. The van der Waals surface area contributed by atoms with Crippen molar-refractivity contribution in [3.63, 3.8) is 0 Å². The van der Waals surface area contributed by atoms with Gasteiger partial charge in [-0.2, -0.15) is 0 Å². The van der Waals surface area contributed by atoms with Gasteiger partial charge < -0.3 is 16.0 Å². The Kier molecular flexibility index (Phi) is 6.56.